The molecule has 0 spiro atoms. The number of rotatable bonds is 5. The molecular formula is C17H14ClFN2O3. The van der Waals surface area contributed by atoms with E-state index in [1.165, 1.54) is 12.1 Å². The summed E-state index contributed by atoms with van der Waals surface area (Å²) in [6, 6.07) is 9.54. The number of halogens is 2. The Morgan fingerprint density at radius 2 is 2.21 bits per heavy atom. The van der Waals surface area contributed by atoms with Crippen molar-refractivity contribution in [2.45, 2.75) is 13.0 Å². The van der Waals surface area contributed by atoms with Crippen LogP contribution in [-0.2, 0) is 17.8 Å². The van der Waals surface area contributed by atoms with E-state index in [2.05, 4.69) is 10.3 Å². The molecule has 1 heterocycles. The fourth-order valence-electron chi connectivity index (χ4n) is 2.26. The second-order valence-corrected chi connectivity index (χ2v) is 5.50. The van der Waals surface area contributed by atoms with Crippen molar-refractivity contribution in [3.63, 3.8) is 0 Å². The molecule has 0 atom stereocenters. The summed E-state index contributed by atoms with van der Waals surface area (Å²) in [6.45, 7) is 0.0991. The maximum Gasteiger partial charge on any atom is 0.225 e. The minimum Gasteiger partial charge on any atom is -0.497 e. The fraction of sp³-hybridized carbons (Fsp3) is 0.176. The Hall–Kier alpha value is -2.60. The summed E-state index contributed by atoms with van der Waals surface area (Å²) < 4.78 is 24.3. The zero-order valence-electron chi connectivity index (χ0n) is 12.8. The Morgan fingerprint density at radius 3 is 2.96 bits per heavy atom. The van der Waals surface area contributed by atoms with Crippen LogP contribution in [0.1, 0.15) is 11.5 Å². The van der Waals surface area contributed by atoms with Gasteiger partial charge in [-0.15, -0.1) is 0 Å². The number of nitrogens with one attached hydrogen (secondary N) is 1. The fourth-order valence-corrected chi connectivity index (χ4v) is 2.49. The van der Waals surface area contributed by atoms with Crippen LogP contribution in [0.2, 0.25) is 5.02 Å². The quantitative estimate of drug-likeness (QED) is 0.766. The van der Waals surface area contributed by atoms with Crippen LogP contribution in [0.15, 0.2) is 40.8 Å². The molecule has 0 aliphatic carbocycles. The van der Waals surface area contributed by atoms with Crippen LogP contribution in [0.25, 0.3) is 11.1 Å². The van der Waals surface area contributed by atoms with E-state index in [1.54, 1.807) is 31.4 Å². The summed E-state index contributed by atoms with van der Waals surface area (Å²) in [7, 11) is 1.57. The number of oxazole rings is 1. The summed E-state index contributed by atoms with van der Waals surface area (Å²) in [5, 5.41) is 2.86. The number of carbonyl (C=O) groups excluding carboxylic acids is 1. The average molecular weight is 349 g/mol. The summed E-state index contributed by atoms with van der Waals surface area (Å²) in [4.78, 5) is 16.3. The van der Waals surface area contributed by atoms with Gasteiger partial charge >= 0.3 is 0 Å². The zero-order valence-corrected chi connectivity index (χ0v) is 13.6. The van der Waals surface area contributed by atoms with Crippen LogP contribution in [-0.4, -0.2) is 18.0 Å². The van der Waals surface area contributed by atoms with Gasteiger partial charge in [-0.25, -0.2) is 9.37 Å². The molecular weight excluding hydrogens is 335 g/mol. The number of ether oxygens (including phenoxy) is 1. The van der Waals surface area contributed by atoms with E-state index in [4.69, 9.17) is 20.8 Å². The Kier molecular flexibility index (Phi) is 4.66. The molecule has 24 heavy (non-hydrogen) atoms. The molecule has 0 aliphatic heterocycles. The number of hydrogen-bond donors (Lipinski definition) is 1. The van der Waals surface area contributed by atoms with Gasteiger partial charge in [0.2, 0.25) is 11.8 Å². The van der Waals surface area contributed by atoms with Gasteiger partial charge in [-0.1, -0.05) is 17.7 Å². The van der Waals surface area contributed by atoms with Gasteiger partial charge in [-0.05, 0) is 24.3 Å². The van der Waals surface area contributed by atoms with Gasteiger partial charge < -0.3 is 14.5 Å². The van der Waals surface area contributed by atoms with Crippen molar-refractivity contribution in [1.29, 1.82) is 0 Å². The second-order valence-electron chi connectivity index (χ2n) is 5.09. The lowest BCUT2D eigenvalue weighted by atomic mass is 10.1. The zero-order chi connectivity index (χ0) is 17.1. The predicted octanol–water partition coefficient (Wildman–Crippen LogP) is 3.49. The highest BCUT2D eigenvalue weighted by Gasteiger charge is 2.13. The Balaban J connectivity index is 1.66. The van der Waals surface area contributed by atoms with E-state index >= 15 is 0 Å². The van der Waals surface area contributed by atoms with E-state index in [-0.39, 0.29) is 29.5 Å². The number of methoxy groups -OCH3 is 1. The molecule has 0 saturated heterocycles. The van der Waals surface area contributed by atoms with Gasteiger partial charge in [0.25, 0.3) is 0 Å². The van der Waals surface area contributed by atoms with Crippen molar-refractivity contribution >= 4 is 28.6 Å². The highest BCUT2D eigenvalue weighted by molar-refractivity contribution is 6.31. The number of hydrogen-bond acceptors (Lipinski definition) is 4. The molecule has 5 nitrogen and oxygen atoms in total. The number of carbonyl (C=O) groups is 1. The standard InChI is InChI=1S/C17H14ClFN2O3/c1-23-10-5-6-15-14(7-10)21-17(24-15)9-20-16(22)8-11-12(18)3-2-4-13(11)19/h2-7H,8-9H2,1H3,(H,20,22). The third kappa shape index (κ3) is 3.49. The normalized spacial score (nSPS) is 10.8. The smallest absolute Gasteiger partial charge is 0.225 e. The molecule has 3 aromatic rings. The van der Waals surface area contributed by atoms with E-state index in [0.717, 1.165) is 0 Å². The summed E-state index contributed by atoms with van der Waals surface area (Å²) in [5.74, 6) is 0.139. The molecule has 1 aromatic heterocycles. The first-order valence-corrected chi connectivity index (χ1v) is 7.57. The van der Waals surface area contributed by atoms with Crippen LogP contribution in [0.4, 0.5) is 4.39 Å². The number of nitrogens with zero attached hydrogens (tertiary/aromatic N) is 1. The first-order chi connectivity index (χ1) is 11.6. The lowest BCUT2D eigenvalue weighted by Crippen LogP contribution is -2.25. The van der Waals surface area contributed by atoms with Gasteiger partial charge in [-0.3, -0.25) is 4.79 Å². The van der Waals surface area contributed by atoms with Crippen molar-refractivity contribution in [2.24, 2.45) is 0 Å². The number of aromatic nitrogens is 1. The van der Waals surface area contributed by atoms with Crippen LogP contribution < -0.4 is 10.1 Å². The number of amides is 1. The molecule has 0 saturated carbocycles. The Morgan fingerprint density at radius 1 is 1.38 bits per heavy atom. The molecule has 1 N–H and O–H groups in total. The maximum atomic E-state index is 13.7. The third-order valence-electron chi connectivity index (χ3n) is 3.47. The molecule has 7 heteroatoms. The first-order valence-electron chi connectivity index (χ1n) is 7.20. The van der Waals surface area contributed by atoms with Gasteiger partial charge in [0, 0.05) is 16.7 Å². The number of benzene rings is 2. The first kappa shape index (κ1) is 16.3. The predicted molar refractivity (Wildman–Crippen MR) is 87.5 cm³/mol. The highest BCUT2D eigenvalue weighted by Crippen LogP contribution is 2.22. The lowest BCUT2D eigenvalue weighted by Gasteiger charge is -2.06. The van der Waals surface area contributed by atoms with E-state index in [0.29, 0.717) is 22.7 Å². The Labute approximate surface area is 142 Å². The largest absolute Gasteiger partial charge is 0.497 e. The monoisotopic (exact) mass is 348 g/mol. The van der Waals surface area contributed by atoms with E-state index < -0.39 is 5.82 Å². The van der Waals surface area contributed by atoms with Crippen LogP contribution in [0.5, 0.6) is 5.75 Å². The van der Waals surface area contributed by atoms with Crippen molar-refractivity contribution < 1.29 is 18.3 Å². The maximum absolute atomic E-state index is 13.7. The van der Waals surface area contributed by atoms with Crippen molar-refractivity contribution in [1.82, 2.24) is 10.3 Å². The summed E-state index contributed by atoms with van der Waals surface area (Å²) in [6.07, 6.45) is -0.153. The topological polar surface area (TPSA) is 64.4 Å². The molecule has 0 aliphatic rings. The van der Waals surface area contributed by atoms with Crippen LogP contribution in [0.3, 0.4) is 0 Å². The minimum absolute atomic E-state index is 0.0991. The van der Waals surface area contributed by atoms with Crippen molar-refractivity contribution in [3.05, 3.63) is 58.7 Å². The third-order valence-corrected chi connectivity index (χ3v) is 3.83. The molecule has 2 aromatic carbocycles. The molecule has 0 fully saturated rings. The van der Waals surface area contributed by atoms with Crippen LogP contribution >= 0.6 is 11.6 Å². The molecule has 0 unspecified atom stereocenters. The average Bonchev–Trinajstić information content (AvgIpc) is 2.98. The SMILES string of the molecule is COc1ccc2oc(CNC(=O)Cc3c(F)cccc3Cl)nc2c1. The highest BCUT2D eigenvalue weighted by atomic mass is 35.5. The van der Waals surface area contributed by atoms with Crippen molar-refractivity contribution in [2.75, 3.05) is 7.11 Å². The molecule has 124 valence electrons. The van der Waals surface area contributed by atoms with Gasteiger partial charge in [0.1, 0.15) is 17.1 Å². The van der Waals surface area contributed by atoms with Gasteiger partial charge in [-0.2, -0.15) is 0 Å². The van der Waals surface area contributed by atoms with Crippen molar-refractivity contribution in [3.8, 4) is 5.75 Å². The van der Waals surface area contributed by atoms with Crippen LogP contribution in [0, 0.1) is 5.82 Å². The lowest BCUT2D eigenvalue weighted by molar-refractivity contribution is -0.120. The molecule has 0 radical (unpaired) electrons. The molecule has 0 bridgehead atoms. The number of fused-ring (bicyclic) bond motifs is 1. The van der Waals surface area contributed by atoms with Gasteiger partial charge in [0.15, 0.2) is 5.58 Å². The second kappa shape index (κ2) is 6.88. The summed E-state index contributed by atoms with van der Waals surface area (Å²) >= 11 is 5.91. The minimum atomic E-state index is -0.508. The molecule has 3 rings (SSSR count). The molecule has 1 amide bonds. The van der Waals surface area contributed by atoms with Gasteiger partial charge in [0.05, 0.1) is 20.1 Å². The summed E-state index contributed by atoms with van der Waals surface area (Å²) in [5.41, 5.74) is 1.40. The van der Waals surface area contributed by atoms with E-state index in [1.807, 2.05) is 0 Å². The Bertz CT molecular complexity index is 874. The van der Waals surface area contributed by atoms with E-state index in [9.17, 15) is 9.18 Å².